The molecule has 0 unspecified atom stereocenters. The van der Waals surface area contributed by atoms with Crippen molar-refractivity contribution in [1.82, 2.24) is 0 Å². The molecule has 0 radical (unpaired) electrons. The molecule has 1 rings (SSSR count). The van der Waals surface area contributed by atoms with Crippen molar-refractivity contribution >= 4 is 27.7 Å². The maximum absolute atomic E-state index is 13.7. The second-order valence-electron chi connectivity index (χ2n) is 3.33. The van der Waals surface area contributed by atoms with Crippen molar-refractivity contribution in [2.45, 2.75) is 6.92 Å². The standard InChI is InChI=1S/C12H12BrFO5/c1-4-19-12(16)10(15)8-9(13)6(14)5-7(17-2)11(8)18-3/h5H,4H2,1-3H3. The summed E-state index contributed by atoms with van der Waals surface area (Å²) >= 11 is 2.92. The van der Waals surface area contributed by atoms with Crippen LogP contribution in [0.15, 0.2) is 10.5 Å². The molecule has 0 aromatic heterocycles. The van der Waals surface area contributed by atoms with Crippen LogP contribution in [-0.4, -0.2) is 32.6 Å². The molecule has 0 saturated carbocycles. The minimum atomic E-state index is -1.09. The molecule has 0 aliphatic heterocycles. The lowest BCUT2D eigenvalue weighted by atomic mass is 10.1. The SMILES string of the molecule is CCOC(=O)C(=O)c1c(Br)c(F)cc(OC)c1OC. The van der Waals surface area contributed by atoms with Gasteiger partial charge in [-0.15, -0.1) is 0 Å². The van der Waals surface area contributed by atoms with Crippen LogP contribution >= 0.6 is 15.9 Å². The molecule has 0 fully saturated rings. The van der Waals surface area contributed by atoms with Gasteiger partial charge >= 0.3 is 5.97 Å². The van der Waals surface area contributed by atoms with Crippen molar-refractivity contribution in [3.8, 4) is 11.5 Å². The number of Topliss-reactive ketones (excluding diaryl/α,β-unsaturated/α-hetero) is 1. The van der Waals surface area contributed by atoms with Crippen molar-refractivity contribution in [2.24, 2.45) is 0 Å². The van der Waals surface area contributed by atoms with Crippen molar-refractivity contribution in [2.75, 3.05) is 20.8 Å². The number of ketones is 1. The van der Waals surface area contributed by atoms with Gasteiger partial charge in [0.2, 0.25) is 0 Å². The molecule has 7 heteroatoms. The summed E-state index contributed by atoms with van der Waals surface area (Å²) in [7, 11) is 2.58. The molecule has 104 valence electrons. The van der Waals surface area contributed by atoms with Gasteiger partial charge in [-0.3, -0.25) is 4.79 Å². The first-order valence-electron chi connectivity index (χ1n) is 5.29. The quantitative estimate of drug-likeness (QED) is 0.470. The highest BCUT2D eigenvalue weighted by Gasteiger charge is 2.29. The molecule has 1 aromatic carbocycles. The molecule has 0 heterocycles. The van der Waals surface area contributed by atoms with Gasteiger partial charge in [-0.2, -0.15) is 0 Å². The van der Waals surface area contributed by atoms with E-state index in [9.17, 15) is 14.0 Å². The fraction of sp³-hybridized carbons (Fsp3) is 0.333. The Morgan fingerprint density at radius 1 is 1.32 bits per heavy atom. The van der Waals surface area contributed by atoms with E-state index in [0.29, 0.717) is 0 Å². The lowest BCUT2D eigenvalue weighted by Gasteiger charge is -2.13. The smallest absolute Gasteiger partial charge is 0.379 e. The lowest BCUT2D eigenvalue weighted by molar-refractivity contribution is -0.137. The van der Waals surface area contributed by atoms with Crippen molar-refractivity contribution in [3.63, 3.8) is 0 Å². The van der Waals surface area contributed by atoms with Gasteiger partial charge in [0, 0.05) is 6.07 Å². The van der Waals surface area contributed by atoms with E-state index in [1.165, 1.54) is 14.2 Å². The third kappa shape index (κ3) is 3.04. The van der Waals surface area contributed by atoms with Gasteiger partial charge < -0.3 is 14.2 Å². The summed E-state index contributed by atoms with van der Waals surface area (Å²) in [5.41, 5.74) is -0.266. The summed E-state index contributed by atoms with van der Waals surface area (Å²) in [6.45, 7) is 1.60. The maximum atomic E-state index is 13.7. The maximum Gasteiger partial charge on any atom is 0.379 e. The number of carbonyl (C=O) groups is 2. The van der Waals surface area contributed by atoms with E-state index in [4.69, 9.17) is 9.47 Å². The Balaban J connectivity index is 3.43. The number of hydrogen-bond acceptors (Lipinski definition) is 5. The molecule has 0 aliphatic rings. The van der Waals surface area contributed by atoms with Crippen LogP contribution in [0.25, 0.3) is 0 Å². The number of benzene rings is 1. The van der Waals surface area contributed by atoms with Gasteiger partial charge in [-0.25, -0.2) is 9.18 Å². The highest BCUT2D eigenvalue weighted by Crippen LogP contribution is 2.38. The van der Waals surface area contributed by atoms with Crippen LogP contribution in [0.3, 0.4) is 0 Å². The Bertz CT molecular complexity index is 515. The van der Waals surface area contributed by atoms with Crippen LogP contribution in [0, 0.1) is 5.82 Å². The Morgan fingerprint density at radius 2 is 1.95 bits per heavy atom. The van der Waals surface area contributed by atoms with Crippen LogP contribution in [0.5, 0.6) is 11.5 Å². The normalized spacial score (nSPS) is 9.95. The summed E-state index contributed by atoms with van der Waals surface area (Å²) in [4.78, 5) is 23.4. The minimum absolute atomic E-state index is 0.0100. The highest BCUT2D eigenvalue weighted by molar-refractivity contribution is 9.10. The molecule has 1 aromatic rings. The second-order valence-corrected chi connectivity index (χ2v) is 4.13. The van der Waals surface area contributed by atoms with Crippen LogP contribution in [0.4, 0.5) is 4.39 Å². The second kappa shape index (κ2) is 6.51. The Hall–Kier alpha value is -1.63. The molecule has 0 aliphatic carbocycles. The molecule has 0 saturated heterocycles. The lowest BCUT2D eigenvalue weighted by Crippen LogP contribution is -2.19. The van der Waals surface area contributed by atoms with Gasteiger partial charge in [-0.05, 0) is 22.9 Å². The van der Waals surface area contributed by atoms with Gasteiger partial charge in [0.1, 0.15) is 5.82 Å². The average Bonchev–Trinajstić information content (AvgIpc) is 2.40. The summed E-state index contributed by atoms with van der Waals surface area (Å²) < 4.78 is 28.0. The van der Waals surface area contributed by atoms with Gasteiger partial charge in [0.15, 0.2) is 11.5 Å². The number of methoxy groups -OCH3 is 2. The minimum Gasteiger partial charge on any atom is -0.493 e. The van der Waals surface area contributed by atoms with Crippen LogP contribution in [0.2, 0.25) is 0 Å². The monoisotopic (exact) mass is 334 g/mol. The predicted octanol–water partition coefficient (Wildman–Crippen LogP) is 2.35. The fourth-order valence-corrected chi connectivity index (χ4v) is 1.92. The average molecular weight is 335 g/mol. The number of carbonyl (C=O) groups excluding carboxylic acids is 2. The van der Waals surface area contributed by atoms with Crippen molar-refractivity contribution in [3.05, 3.63) is 21.9 Å². The molecular formula is C12H12BrFO5. The van der Waals surface area contributed by atoms with E-state index >= 15 is 0 Å². The van der Waals surface area contributed by atoms with E-state index < -0.39 is 17.6 Å². The Morgan fingerprint density at radius 3 is 2.42 bits per heavy atom. The number of halogens is 2. The van der Waals surface area contributed by atoms with Crippen LogP contribution in [0.1, 0.15) is 17.3 Å². The number of ether oxygens (including phenoxy) is 3. The number of rotatable bonds is 5. The Kier molecular flexibility index (Phi) is 5.29. The Labute approximate surface area is 117 Å². The van der Waals surface area contributed by atoms with E-state index in [1.807, 2.05) is 0 Å². The summed E-state index contributed by atoms with van der Waals surface area (Å²) in [5, 5.41) is 0. The summed E-state index contributed by atoms with van der Waals surface area (Å²) in [5.74, 6) is -2.87. The fourth-order valence-electron chi connectivity index (χ4n) is 1.44. The van der Waals surface area contributed by atoms with Crippen molar-refractivity contribution < 1.29 is 28.2 Å². The van der Waals surface area contributed by atoms with Crippen molar-refractivity contribution in [1.29, 1.82) is 0 Å². The topological polar surface area (TPSA) is 61.8 Å². The number of hydrogen-bond donors (Lipinski definition) is 0. The van der Waals surface area contributed by atoms with E-state index in [-0.39, 0.29) is 28.1 Å². The van der Waals surface area contributed by atoms with Gasteiger partial charge in [-0.1, -0.05) is 0 Å². The molecule has 0 atom stereocenters. The molecule has 0 spiro atoms. The summed E-state index contributed by atoms with van der Waals surface area (Å²) in [6, 6.07) is 1.05. The molecule has 0 N–H and O–H groups in total. The first-order valence-corrected chi connectivity index (χ1v) is 6.08. The first-order chi connectivity index (χ1) is 8.97. The molecular weight excluding hydrogens is 323 g/mol. The largest absolute Gasteiger partial charge is 0.493 e. The van der Waals surface area contributed by atoms with Crippen LogP contribution < -0.4 is 9.47 Å². The zero-order valence-corrected chi connectivity index (χ0v) is 12.2. The molecule has 19 heavy (non-hydrogen) atoms. The summed E-state index contributed by atoms with van der Waals surface area (Å²) in [6.07, 6.45) is 0. The molecule has 0 bridgehead atoms. The highest BCUT2D eigenvalue weighted by atomic mass is 79.9. The molecule has 0 amide bonds. The molecule has 5 nitrogen and oxygen atoms in total. The van der Waals surface area contributed by atoms with Crippen LogP contribution in [-0.2, 0) is 9.53 Å². The zero-order valence-electron chi connectivity index (χ0n) is 10.6. The predicted molar refractivity (Wildman–Crippen MR) is 68.2 cm³/mol. The number of esters is 1. The van der Waals surface area contributed by atoms with E-state index in [1.54, 1.807) is 6.92 Å². The third-order valence-corrected chi connectivity index (χ3v) is 3.03. The zero-order chi connectivity index (χ0) is 14.6. The van der Waals surface area contributed by atoms with Gasteiger partial charge in [0.25, 0.3) is 5.78 Å². The van der Waals surface area contributed by atoms with E-state index in [0.717, 1.165) is 6.07 Å². The third-order valence-electron chi connectivity index (χ3n) is 2.25. The van der Waals surface area contributed by atoms with Gasteiger partial charge in [0.05, 0.1) is 30.9 Å². The van der Waals surface area contributed by atoms with E-state index in [2.05, 4.69) is 20.7 Å². The first kappa shape index (κ1) is 15.4.